The van der Waals surface area contributed by atoms with Crippen molar-refractivity contribution in [1.29, 1.82) is 0 Å². The molecule has 0 atom stereocenters. The molecule has 0 saturated heterocycles. The van der Waals surface area contributed by atoms with Gasteiger partial charge in [-0.15, -0.1) is 0 Å². The number of rotatable bonds is 6. The maximum absolute atomic E-state index is 13.3. The van der Waals surface area contributed by atoms with Crippen LogP contribution in [0, 0.1) is 17.0 Å². The smallest absolute Gasteiger partial charge is 0.271 e. The lowest BCUT2D eigenvalue weighted by Crippen LogP contribution is -2.17. The summed E-state index contributed by atoms with van der Waals surface area (Å²) in [7, 11) is 0. The first kappa shape index (κ1) is 22.1. The minimum atomic E-state index is -0.536. The van der Waals surface area contributed by atoms with E-state index in [4.69, 9.17) is 0 Å². The van der Waals surface area contributed by atoms with Gasteiger partial charge < -0.3 is 4.40 Å². The van der Waals surface area contributed by atoms with Crippen LogP contribution in [-0.4, -0.2) is 27.2 Å². The molecule has 164 valence electrons. The quantitative estimate of drug-likeness (QED) is 0.174. The maximum atomic E-state index is 13.3. The van der Waals surface area contributed by atoms with Crippen LogP contribution < -0.4 is 5.43 Å². The van der Waals surface area contributed by atoms with Crippen molar-refractivity contribution < 1.29 is 14.5 Å². The first-order valence-corrected chi connectivity index (χ1v) is 10.6. The summed E-state index contributed by atoms with van der Waals surface area (Å²) in [6.45, 7) is 1.77. The predicted octanol–water partition coefficient (Wildman–Crippen LogP) is 4.91. The van der Waals surface area contributed by atoms with Gasteiger partial charge in [-0.1, -0.05) is 34.1 Å². The van der Waals surface area contributed by atoms with E-state index in [0.29, 0.717) is 27.9 Å². The van der Waals surface area contributed by atoms with Gasteiger partial charge in [0.15, 0.2) is 0 Å². The zero-order valence-electron chi connectivity index (χ0n) is 17.4. The molecular formula is C24H17BrN4O4. The number of ketones is 1. The van der Waals surface area contributed by atoms with E-state index >= 15 is 0 Å². The number of nitrogens with zero attached hydrogens (tertiary/aromatic N) is 3. The molecule has 0 unspecified atom stereocenters. The first-order valence-electron chi connectivity index (χ1n) is 9.84. The van der Waals surface area contributed by atoms with Crippen LogP contribution in [-0.2, 0) is 0 Å². The molecule has 0 saturated carbocycles. The van der Waals surface area contributed by atoms with E-state index in [9.17, 15) is 19.7 Å². The molecule has 0 spiro atoms. The summed E-state index contributed by atoms with van der Waals surface area (Å²) < 4.78 is 2.58. The van der Waals surface area contributed by atoms with E-state index in [0.717, 1.165) is 4.47 Å². The van der Waals surface area contributed by atoms with Gasteiger partial charge in [-0.25, -0.2) is 5.43 Å². The second-order valence-electron chi connectivity index (χ2n) is 7.19. The third-order valence-electron chi connectivity index (χ3n) is 5.14. The summed E-state index contributed by atoms with van der Waals surface area (Å²) >= 11 is 3.33. The van der Waals surface area contributed by atoms with Crippen LogP contribution in [0.2, 0.25) is 0 Å². The standard InChI is InChI=1S/C24H17BrN4O4/c1-15-20(14-26-27-24(31)16-8-10-18(25)11-9-16)21-7-2-3-12-28(21)22(15)23(30)17-5-4-6-19(13-17)29(32)33/h2-14H,1H3,(H,27,31)/b26-14+. The SMILES string of the molecule is Cc1c(/C=N/NC(=O)c2ccc(Br)cc2)c2ccccn2c1C(=O)c1cccc([N+](=O)[O-])c1. The normalized spacial score (nSPS) is 11.1. The number of hydrogen-bond acceptors (Lipinski definition) is 5. The summed E-state index contributed by atoms with van der Waals surface area (Å²) in [5.74, 6) is -0.719. The van der Waals surface area contributed by atoms with E-state index < -0.39 is 4.92 Å². The van der Waals surface area contributed by atoms with Gasteiger partial charge in [-0.05, 0) is 48.9 Å². The molecule has 0 fully saturated rings. The van der Waals surface area contributed by atoms with E-state index in [-0.39, 0.29) is 22.9 Å². The number of nitro benzene ring substituents is 1. The molecule has 0 aliphatic rings. The Morgan fingerprint density at radius 2 is 1.82 bits per heavy atom. The molecule has 33 heavy (non-hydrogen) atoms. The Kier molecular flexibility index (Phi) is 6.14. The van der Waals surface area contributed by atoms with Crippen LogP contribution >= 0.6 is 15.9 Å². The van der Waals surface area contributed by atoms with Crippen molar-refractivity contribution in [3.63, 3.8) is 0 Å². The minimum absolute atomic E-state index is 0.156. The summed E-state index contributed by atoms with van der Waals surface area (Å²) in [4.78, 5) is 36.2. The molecule has 2 heterocycles. The van der Waals surface area contributed by atoms with Crippen molar-refractivity contribution in [3.05, 3.63) is 115 Å². The number of halogens is 1. The van der Waals surface area contributed by atoms with Gasteiger partial charge in [0, 0.05) is 39.5 Å². The van der Waals surface area contributed by atoms with Crippen molar-refractivity contribution in [2.45, 2.75) is 6.92 Å². The van der Waals surface area contributed by atoms with Crippen molar-refractivity contribution in [1.82, 2.24) is 9.83 Å². The van der Waals surface area contributed by atoms with E-state index in [1.165, 1.54) is 24.4 Å². The first-order chi connectivity index (χ1) is 15.9. The van der Waals surface area contributed by atoms with Gasteiger partial charge >= 0.3 is 0 Å². The number of hydrogen-bond donors (Lipinski definition) is 1. The van der Waals surface area contributed by atoms with Crippen LogP contribution in [0.15, 0.2) is 82.5 Å². The molecule has 0 aliphatic carbocycles. The number of benzene rings is 2. The Bertz CT molecular complexity index is 1420. The van der Waals surface area contributed by atoms with Crippen LogP contribution in [0.5, 0.6) is 0 Å². The van der Waals surface area contributed by atoms with Gasteiger partial charge in [0.05, 0.1) is 22.3 Å². The van der Waals surface area contributed by atoms with Crippen LogP contribution in [0.3, 0.4) is 0 Å². The number of carbonyl (C=O) groups excluding carboxylic acids is 2. The van der Waals surface area contributed by atoms with Gasteiger partial charge in [-0.3, -0.25) is 19.7 Å². The fourth-order valence-corrected chi connectivity index (χ4v) is 3.78. The lowest BCUT2D eigenvalue weighted by molar-refractivity contribution is -0.384. The number of nitrogens with one attached hydrogen (secondary N) is 1. The number of non-ortho nitro benzene ring substituents is 1. The summed E-state index contributed by atoms with van der Waals surface area (Å²) in [5.41, 5.74) is 5.38. The Morgan fingerprint density at radius 3 is 2.55 bits per heavy atom. The molecule has 9 heteroatoms. The molecule has 4 rings (SSSR count). The predicted molar refractivity (Wildman–Crippen MR) is 128 cm³/mol. The summed E-state index contributed by atoms with van der Waals surface area (Å²) in [6, 6.07) is 17.9. The summed E-state index contributed by atoms with van der Waals surface area (Å²) in [5, 5.41) is 15.2. The second kappa shape index (κ2) is 9.17. The molecule has 1 N–H and O–H groups in total. The van der Waals surface area contributed by atoms with Crippen molar-refractivity contribution >= 4 is 45.0 Å². The Hall–Kier alpha value is -4.11. The topological polar surface area (TPSA) is 106 Å². The maximum Gasteiger partial charge on any atom is 0.271 e. The Balaban J connectivity index is 1.69. The average molecular weight is 505 g/mol. The van der Waals surface area contributed by atoms with Crippen LogP contribution in [0.1, 0.15) is 37.5 Å². The minimum Gasteiger partial charge on any atom is -0.313 e. The fourth-order valence-electron chi connectivity index (χ4n) is 3.52. The molecule has 2 aromatic carbocycles. The zero-order chi connectivity index (χ0) is 23.5. The van der Waals surface area contributed by atoms with Gasteiger partial charge in [0.2, 0.25) is 5.78 Å². The van der Waals surface area contributed by atoms with Crippen LogP contribution in [0.25, 0.3) is 5.52 Å². The van der Waals surface area contributed by atoms with Crippen molar-refractivity contribution in [3.8, 4) is 0 Å². The highest BCUT2D eigenvalue weighted by Gasteiger charge is 2.22. The van der Waals surface area contributed by atoms with Crippen LogP contribution in [0.4, 0.5) is 5.69 Å². The zero-order valence-corrected chi connectivity index (χ0v) is 18.9. The lowest BCUT2D eigenvalue weighted by Gasteiger charge is -2.04. The number of fused-ring (bicyclic) bond motifs is 1. The third-order valence-corrected chi connectivity index (χ3v) is 5.67. The fraction of sp³-hybridized carbons (Fsp3) is 0.0417. The molecule has 0 radical (unpaired) electrons. The average Bonchev–Trinajstić information content (AvgIpc) is 3.10. The lowest BCUT2D eigenvalue weighted by atomic mass is 10.0. The molecule has 0 aliphatic heterocycles. The number of amides is 1. The number of hydrazone groups is 1. The third kappa shape index (κ3) is 4.44. The van der Waals surface area contributed by atoms with Crippen molar-refractivity contribution in [2.75, 3.05) is 0 Å². The molecule has 4 aromatic rings. The highest BCUT2D eigenvalue weighted by atomic mass is 79.9. The van der Waals surface area contributed by atoms with Gasteiger partial charge in [0.1, 0.15) is 0 Å². The van der Waals surface area contributed by atoms with Crippen molar-refractivity contribution in [2.24, 2.45) is 5.10 Å². The number of pyridine rings is 1. The molecule has 2 aromatic heterocycles. The van der Waals surface area contributed by atoms with Gasteiger partial charge in [-0.2, -0.15) is 5.10 Å². The second-order valence-corrected chi connectivity index (χ2v) is 8.10. The number of aromatic nitrogens is 1. The molecule has 1 amide bonds. The summed E-state index contributed by atoms with van der Waals surface area (Å²) in [6.07, 6.45) is 3.23. The molecule has 0 bridgehead atoms. The monoisotopic (exact) mass is 504 g/mol. The molecular weight excluding hydrogens is 488 g/mol. The largest absolute Gasteiger partial charge is 0.313 e. The number of nitro groups is 1. The molecule has 8 nitrogen and oxygen atoms in total. The van der Waals surface area contributed by atoms with Gasteiger partial charge in [0.25, 0.3) is 11.6 Å². The Labute approximate surface area is 196 Å². The highest BCUT2D eigenvalue weighted by molar-refractivity contribution is 9.10. The van der Waals surface area contributed by atoms with E-state index in [1.54, 1.807) is 53.9 Å². The van der Waals surface area contributed by atoms with E-state index in [1.807, 2.05) is 12.1 Å². The Morgan fingerprint density at radius 1 is 1.06 bits per heavy atom. The highest BCUT2D eigenvalue weighted by Crippen LogP contribution is 2.25. The number of carbonyl (C=O) groups is 2. The van der Waals surface area contributed by atoms with E-state index in [2.05, 4.69) is 26.5 Å².